The van der Waals surface area contributed by atoms with Crippen molar-refractivity contribution < 1.29 is 0 Å². The monoisotopic (exact) mass is 213 g/mol. The van der Waals surface area contributed by atoms with Gasteiger partial charge in [-0.15, -0.1) is 0 Å². The summed E-state index contributed by atoms with van der Waals surface area (Å²) in [5.74, 6) is 1.53. The van der Waals surface area contributed by atoms with Crippen molar-refractivity contribution in [3.05, 3.63) is 36.0 Å². The smallest absolute Gasteiger partial charge is 0.182 e. The molecule has 0 aliphatic heterocycles. The molecule has 0 bridgehead atoms. The Morgan fingerprint density at radius 2 is 2.12 bits per heavy atom. The van der Waals surface area contributed by atoms with Crippen LogP contribution in [0.5, 0.6) is 0 Å². The van der Waals surface area contributed by atoms with Gasteiger partial charge in [-0.1, -0.05) is 0 Å². The molecular weight excluding hydrogens is 202 g/mol. The fraction of sp³-hybridized carbons (Fsp3) is 0.182. The van der Waals surface area contributed by atoms with Gasteiger partial charge in [-0.3, -0.25) is 5.10 Å². The minimum absolute atomic E-state index is 0.715. The molecule has 0 aromatic carbocycles. The number of hydrogen-bond donors (Lipinski definition) is 1. The third-order valence-electron chi connectivity index (χ3n) is 2.55. The number of hydrogen-bond acceptors (Lipinski definition) is 3. The SMILES string of the molecule is Cc1nc(-c2ccc3ncc(C)n3c2)n[nH]1. The van der Waals surface area contributed by atoms with Gasteiger partial charge in [0, 0.05) is 23.7 Å². The lowest BCUT2D eigenvalue weighted by molar-refractivity contribution is 1.04. The lowest BCUT2D eigenvalue weighted by Crippen LogP contribution is -1.90. The molecule has 3 heterocycles. The molecule has 0 fully saturated rings. The predicted molar refractivity (Wildman–Crippen MR) is 60.0 cm³/mol. The molecule has 1 N–H and O–H groups in total. The molecule has 5 heteroatoms. The number of aromatic nitrogens is 5. The Morgan fingerprint density at radius 1 is 1.25 bits per heavy atom. The lowest BCUT2D eigenvalue weighted by Gasteiger charge is -1.99. The molecule has 3 aromatic heterocycles. The molecule has 0 saturated heterocycles. The van der Waals surface area contributed by atoms with Gasteiger partial charge in [0.15, 0.2) is 5.82 Å². The second-order valence-electron chi connectivity index (χ2n) is 3.79. The summed E-state index contributed by atoms with van der Waals surface area (Å²) in [7, 11) is 0. The van der Waals surface area contributed by atoms with Crippen LogP contribution in [-0.4, -0.2) is 24.6 Å². The van der Waals surface area contributed by atoms with Gasteiger partial charge >= 0.3 is 0 Å². The summed E-state index contributed by atoms with van der Waals surface area (Å²) in [6.45, 7) is 3.91. The van der Waals surface area contributed by atoms with Crippen LogP contribution in [0.25, 0.3) is 17.0 Å². The Balaban J connectivity index is 2.21. The van der Waals surface area contributed by atoms with Crippen LogP contribution in [0.1, 0.15) is 11.5 Å². The summed E-state index contributed by atoms with van der Waals surface area (Å²) < 4.78 is 2.03. The molecule has 0 aliphatic carbocycles. The van der Waals surface area contributed by atoms with Gasteiger partial charge in [0.1, 0.15) is 11.5 Å². The van der Waals surface area contributed by atoms with Gasteiger partial charge < -0.3 is 4.40 Å². The van der Waals surface area contributed by atoms with Gasteiger partial charge in [-0.2, -0.15) is 5.10 Å². The van der Waals surface area contributed by atoms with E-state index in [2.05, 4.69) is 20.2 Å². The molecule has 3 rings (SSSR count). The number of aromatic amines is 1. The highest BCUT2D eigenvalue weighted by Gasteiger charge is 2.06. The summed E-state index contributed by atoms with van der Waals surface area (Å²) in [5.41, 5.74) is 3.02. The molecular formula is C11H11N5. The minimum Gasteiger partial charge on any atom is -0.304 e. The van der Waals surface area contributed by atoms with Crippen LogP contribution in [0.4, 0.5) is 0 Å². The van der Waals surface area contributed by atoms with Gasteiger partial charge in [0.25, 0.3) is 0 Å². The normalized spacial score (nSPS) is 11.1. The second kappa shape index (κ2) is 3.16. The maximum atomic E-state index is 4.30. The Kier molecular flexibility index (Phi) is 1.80. The highest BCUT2D eigenvalue weighted by atomic mass is 15.2. The summed E-state index contributed by atoms with van der Waals surface area (Å²) in [5, 5.41) is 6.97. The van der Waals surface area contributed by atoms with E-state index in [0.717, 1.165) is 22.7 Å². The molecule has 16 heavy (non-hydrogen) atoms. The van der Waals surface area contributed by atoms with E-state index in [1.165, 1.54) is 0 Å². The standard InChI is InChI=1S/C11H11N5/c1-7-5-12-10-4-3-9(6-16(7)10)11-13-8(2)14-15-11/h3-6H,1-2H3,(H,13,14,15). The first-order valence-corrected chi connectivity index (χ1v) is 5.07. The Labute approximate surface area is 92.2 Å². The summed E-state index contributed by atoms with van der Waals surface area (Å²) >= 11 is 0. The predicted octanol–water partition coefficient (Wildman–Crippen LogP) is 1.74. The Hall–Kier alpha value is -2.17. The van der Waals surface area contributed by atoms with Crippen molar-refractivity contribution in [2.45, 2.75) is 13.8 Å². The van der Waals surface area contributed by atoms with Crippen molar-refractivity contribution in [2.24, 2.45) is 0 Å². The van der Waals surface area contributed by atoms with Crippen LogP contribution in [0.3, 0.4) is 0 Å². The van der Waals surface area contributed by atoms with E-state index in [1.54, 1.807) is 0 Å². The lowest BCUT2D eigenvalue weighted by atomic mass is 10.2. The molecule has 0 amide bonds. The van der Waals surface area contributed by atoms with Gasteiger partial charge in [0.2, 0.25) is 0 Å². The first-order chi connectivity index (χ1) is 7.74. The number of nitrogens with zero attached hydrogens (tertiary/aromatic N) is 4. The zero-order chi connectivity index (χ0) is 11.1. The van der Waals surface area contributed by atoms with Crippen molar-refractivity contribution in [3.8, 4) is 11.4 Å². The second-order valence-corrected chi connectivity index (χ2v) is 3.79. The maximum absolute atomic E-state index is 4.30. The fourth-order valence-corrected chi connectivity index (χ4v) is 1.71. The Morgan fingerprint density at radius 3 is 2.88 bits per heavy atom. The minimum atomic E-state index is 0.715. The maximum Gasteiger partial charge on any atom is 0.182 e. The summed E-state index contributed by atoms with van der Waals surface area (Å²) in [6.07, 6.45) is 3.85. The van der Waals surface area contributed by atoms with E-state index >= 15 is 0 Å². The van der Waals surface area contributed by atoms with E-state index in [4.69, 9.17) is 0 Å². The largest absolute Gasteiger partial charge is 0.304 e. The van der Waals surface area contributed by atoms with Gasteiger partial charge in [-0.25, -0.2) is 9.97 Å². The fourth-order valence-electron chi connectivity index (χ4n) is 1.71. The van der Waals surface area contributed by atoms with Gasteiger partial charge in [-0.05, 0) is 26.0 Å². The quantitative estimate of drug-likeness (QED) is 0.669. The van der Waals surface area contributed by atoms with Crippen LogP contribution in [0, 0.1) is 13.8 Å². The molecule has 0 unspecified atom stereocenters. The third-order valence-corrected chi connectivity index (χ3v) is 2.55. The molecule has 0 radical (unpaired) electrons. The number of pyridine rings is 1. The molecule has 0 spiro atoms. The summed E-state index contributed by atoms with van der Waals surface area (Å²) in [6, 6.07) is 3.94. The highest BCUT2D eigenvalue weighted by Crippen LogP contribution is 2.16. The molecule has 0 atom stereocenters. The van der Waals surface area contributed by atoms with Crippen LogP contribution in [0.15, 0.2) is 24.5 Å². The number of nitrogens with one attached hydrogen (secondary N) is 1. The van der Waals surface area contributed by atoms with E-state index in [-0.39, 0.29) is 0 Å². The summed E-state index contributed by atoms with van der Waals surface area (Å²) in [4.78, 5) is 8.57. The van der Waals surface area contributed by atoms with Crippen LogP contribution in [0.2, 0.25) is 0 Å². The van der Waals surface area contributed by atoms with Crippen LogP contribution in [-0.2, 0) is 0 Å². The number of aryl methyl sites for hydroxylation is 2. The third kappa shape index (κ3) is 1.29. The first-order valence-electron chi connectivity index (χ1n) is 5.07. The van der Waals surface area contributed by atoms with Gasteiger partial charge in [0.05, 0.1) is 0 Å². The van der Waals surface area contributed by atoms with Crippen molar-refractivity contribution in [3.63, 3.8) is 0 Å². The molecule has 80 valence electrons. The first kappa shape index (κ1) is 9.08. The average molecular weight is 213 g/mol. The topological polar surface area (TPSA) is 58.9 Å². The number of fused-ring (bicyclic) bond motifs is 1. The van der Waals surface area contributed by atoms with Crippen molar-refractivity contribution in [1.82, 2.24) is 24.6 Å². The van der Waals surface area contributed by atoms with Crippen LogP contribution >= 0.6 is 0 Å². The molecule has 5 nitrogen and oxygen atoms in total. The average Bonchev–Trinajstić information content (AvgIpc) is 2.86. The zero-order valence-corrected chi connectivity index (χ0v) is 9.10. The number of rotatable bonds is 1. The molecule has 0 saturated carbocycles. The van der Waals surface area contributed by atoms with Crippen molar-refractivity contribution in [1.29, 1.82) is 0 Å². The Bertz CT molecular complexity index is 649. The zero-order valence-electron chi connectivity index (χ0n) is 9.10. The van der Waals surface area contributed by atoms with E-state index in [1.807, 2.05) is 42.8 Å². The number of H-pyrrole nitrogens is 1. The van der Waals surface area contributed by atoms with E-state index < -0.39 is 0 Å². The number of imidazole rings is 1. The molecule has 0 aliphatic rings. The van der Waals surface area contributed by atoms with Crippen LogP contribution < -0.4 is 0 Å². The molecule has 3 aromatic rings. The van der Waals surface area contributed by atoms with Crippen molar-refractivity contribution in [2.75, 3.05) is 0 Å². The van der Waals surface area contributed by atoms with E-state index in [9.17, 15) is 0 Å². The van der Waals surface area contributed by atoms with Crippen molar-refractivity contribution >= 4 is 5.65 Å². The highest BCUT2D eigenvalue weighted by molar-refractivity contribution is 5.57. The van der Waals surface area contributed by atoms with E-state index in [0.29, 0.717) is 5.82 Å².